The first-order chi connectivity index (χ1) is 9.34. The van der Waals surface area contributed by atoms with Gasteiger partial charge in [0.2, 0.25) is 0 Å². The monoisotopic (exact) mass is 262 g/mol. The molecule has 104 valence electrons. The number of carbonyl (C=O) groups excluding carboxylic acids is 1. The lowest BCUT2D eigenvalue weighted by Gasteiger charge is -2.22. The Morgan fingerprint density at radius 3 is 2.63 bits per heavy atom. The topological polar surface area (TPSA) is 50.4 Å². The normalized spacial score (nSPS) is 15.8. The van der Waals surface area contributed by atoms with Gasteiger partial charge in [-0.3, -0.25) is 0 Å². The Bertz CT molecular complexity index is 375. The Balaban J connectivity index is 1.56. The average molecular weight is 262 g/mol. The lowest BCUT2D eigenvalue weighted by atomic mass is 9.96. The van der Waals surface area contributed by atoms with Crippen molar-refractivity contribution in [2.75, 3.05) is 13.2 Å². The summed E-state index contributed by atoms with van der Waals surface area (Å²) < 4.78 is 5.50. The number of rotatable bonds is 5. The van der Waals surface area contributed by atoms with Gasteiger partial charge in [0.15, 0.2) is 0 Å². The molecule has 19 heavy (non-hydrogen) atoms. The van der Waals surface area contributed by atoms with Gasteiger partial charge in [-0.25, -0.2) is 4.79 Å². The van der Waals surface area contributed by atoms with E-state index < -0.39 is 0 Å². The molecule has 2 amide bonds. The summed E-state index contributed by atoms with van der Waals surface area (Å²) in [6, 6.07) is 9.89. The van der Waals surface area contributed by atoms with Crippen LogP contribution in [0.3, 0.4) is 0 Å². The van der Waals surface area contributed by atoms with Crippen LogP contribution in [0.4, 0.5) is 4.79 Å². The van der Waals surface area contributed by atoms with E-state index in [2.05, 4.69) is 10.6 Å². The van der Waals surface area contributed by atoms with Crippen LogP contribution in [-0.4, -0.2) is 25.2 Å². The predicted octanol–water partition coefficient (Wildman–Crippen LogP) is 2.70. The van der Waals surface area contributed by atoms with Crippen molar-refractivity contribution in [2.24, 2.45) is 0 Å². The Kier molecular flexibility index (Phi) is 5.53. The van der Waals surface area contributed by atoms with Gasteiger partial charge >= 0.3 is 6.03 Å². The van der Waals surface area contributed by atoms with Gasteiger partial charge in [-0.05, 0) is 25.0 Å². The molecule has 1 aromatic rings. The zero-order chi connectivity index (χ0) is 13.3. The second kappa shape index (κ2) is 7.67. The maximum Gasteiger partial charge on any atom is 0.315 e. The van der Waals surface area contributed by atoms with Crippen LogP contribution in [0.5, 0.6) is 5.75 Å². The first-order valence-corrected chi connectivity index (χ1v) is 7.07. The molecule has 4 heteroatoms. The van der Waals surface area contributed by atoms with E-state index in [9.17, 15) is 4.79 Å². The number of amides is 2. The van der Waals surface area contributed by atoms with Crippen LogP contribution < -0.4 is 15.4 Å². The van der Waals surface area contributed by atoms with Crippen molar-refractivity contribution in [3.63, 3.8) is 0 Å². The van der Waals surface area contributed by atoms with Crippen LogP contribution in [-0.2, 0) is 0 Å². The van der Waals surface area contributed by atoms with Crippen molar-refractivity contribution in [3.05, 3.63) is 30.3 Å². The highest BCUT2D eigenvalue weighted by Gasteiger charge is 2.14. The molecule has 0 aromatic heterocycles. The number of carbonyl (C=O) groups is 1. The summed E-state index contributed by atoms with van der Waals surface area (Å²) in [5.41, 5.74) is 0. The Labute approximate surface area is 114 Å². The number of ether oxygens (including phenoxy) is 1. The molecule has 0 heterocycles. The highest BCUT2D eigenvalue weighted by atomic mass is 16.5. The number of hydrogen-bond acceptors (Lipinski definition) is 2. The van der Waals surface area contributed by atoms with Gasteiger partial charge in [0.05, 0.1) is 6.54 Å². The zero-order valence-corrected chi connectivity index (χ0v) is 11.2. The second-order valence-electron chi connectivity index (χ2n) is 4.90. The minimum atomic E-state index is -0.0800. The van der Waals surface area contributed by atoms with E-state index in [1.807, 2.05) is 30.3 Å². The van der Waals surface area contributed by atoms with Gasteiger partial charge in [-0.2, -0.15) is 0 Å². The van der Waals surface area contributed by atoms with Crippen LogP contribution >= 0.6 is 0 Å². The average Bonchev–Trinajstić information content (AvgIpc) is 2.46. The Morgan fingerprint density at radius 1 is 1.16 bits per heavy atom. The van der Waals surface area contributed by atoms with Gasteiger partial charge in [0.25, 0.3) is 0 Å². The summed E-state index contributed by atoms with van der Waals surface area (Å²) in [7, 11) is 0. The SMILES string of the molecule is O=C(NCCOc1ccccc1)NC1CCCCC1. The molecule has 0 radical (unpaired) electrons. The first kappa shape index (κ1) is 13.7. The molecule has 0 bridgehead atoms. The number of urea groups is 1. The first-order valence-electron chi connectivity index (χ1n) is 7.07. The summed E-state index contributed by atoms with van der Waals surface area (Å²) >= 11 is 0. The van der Waals surface area contributed by atoms with Crippen molar-refractivity contribution in [1.29, 1.82) is 0 Å². The lowest BCUT2D eigenvalue weighted by molar-refractivity contribution is 0.228. The second-order valence-corrected chi connectivity index (χ2v) is 4.90. The molecule has 0 aliphatic heterocycles. The minimum absolute atomic E-state index is 0.0800. The molecule has 0 atom stereocenters. The summed E-state index contributed by atoms with van der Waals surface area (Å²) in [5.74, 6) is 0.831. The third-order valence-electron chi connectivity index (χ3n) is 3.34. The highest BCUT2D eigenvalue weighted by molar-refractivity contribution is 5.74. The Morgan fingerprint density at radius 2 is 1.89 bits per heavy atom. The van der Waals surface area contributed by atoms with E-state index in [0.29, 0.717) is 19.2 Å². The summed E-state index contributed by atoms with van der Waals surface area (Å²) in [5, 5.41) is 5.84. The quantitative estimate of drug-likeness (QED) is 0.802. The third kappa shape index (κ3) is 5.20. The van der Waals surface area contributed by atoms with Crippen molar-refractivity contribution >= 4 is 6.03 Å². The lowest BCUT2D eigenvalue weighted by Crippen LogP contribution is -2.44. The molecule has 0 unspecified atom stereocenters. The summed E-state index contributed by atoms with van der Waals surface area (Å²) in [6.07, 6.45) is 5.96. The number of para-hydroxylation sites is 1. The van der Waals surface area contributed by atoms with E-state index in [1.54, 1.807) is 0 Å². The highest BCUT2D eigenvalue weighted by Crippen LogP contribution is 2.17. The standard InChI is InChI=1S/C15H22N2O2/c18-15(17-13-7-3-1-4-8-13)16-11-12-19-14-9-5-2-6-10-14/h2,5-6,9-10,13H,1,3-4,7-8,11-12H2,(H2,16,17,18). The molecule has 4 nitrogen and oxygen atoms in total. The van der Waals surface area contributed by atoms with E-state index in [0.717, 1.165) is 18.6 Å². The zero-order valence-electron chi connectivity index (χ0n) is 11.2. The maximum absolute atomic E-state index is 11.6. The van der Waals surface area contributed by atoms with Crippen molar-refractivity contribution in [3.8, 4) is 5.75 Å². The molecule has 2 rings (SSSR count). The van der Waals surface area contributed by atoms with Crippen LogP contribution in [0.25, 0.3) is 0 Å². The van der Waals surface area contributed by atoms with Gasteiger partial charge < -0.3 is 15.4 Å². The minimum Gasteiger partial charge on any atom is -0.492 e. The smallest absolute Gasteiger partial charge is 0.315 e. The van der Waals surface area contributed by atoms with Crippen LogP contribution in [0.15, 0.2) is 30.3 Å². The number of hydrogen-bond donors (Lipinski definition) is 2. The van der Waals surface area contributed by atoms with Gasteiger partial charge in [0, 0.05) is 6.04 Å². The molecule has 1 saturated carbocycles. The van der Waals surface area contributed by atoms with Crippen molar-refractivity contribution < 1.29 is 9.53 Å². The molecular formula is C15H22N2O2. The fourth-order valence-corrected chi connectivity index (χ4v) is 2.33. The summed E-state index contributed by atoms with van der Waals surface area (Å²) in [4.78, 5) is 11.6. The number of nitrogens with one attached hydrogen (secondary N) is 2. The molecule has 0 saturated heterocycles. The largest absolute Gasteiger partial charge is 0.492 e. The van der Waals surface area contributed by atoms with Crippen molar-refractivity contribution in [2.45, 2.75) is 38.1 Å². The molecular weight excluding hydrogens is 240 g/mol. The maximum atomic E-state index is 11.6. The van der Waals surface area contributed by atoms with E-state index in [4.69, 9.17) is 4.74 Å². The Hall–Kier alpha value is -1.71. The van der Waals surface area contributed by atoms with Gasteiger partial charge in [-0.1, -0.05) is 37.5 Å². The fraction of sp³-hybridized carbons (Fsp3) is 0.533. The van der Waals surface area contributed by atoms with Crippen LogP contribution in [0.1, 0.15) is 32.1 Å². The molecule has 1 aromatic carbocycles. The molecule has 0 spiro atoms. The number of benzene rings is 1. The van der Waals surface area contributed by atoms with Gasteiger partial charge in [0.1, 0.15) is 12.4 Å². The van der Waals surface area contributed by atoms with E-state index in [1.165, 1.54) is 19.3 Å². The molecule has 2 N–H and O–H groups in total. The molecule has 1 aliphatic rings. The molecule has 1 fully saturated rings. The van der Waals surface area contributed by atoms with Crippen LogP contribution in [0, 0.1) is 0 Å². The van der Waals surface area contributed by atoms with E-state index in [-0.39, 0.29) is 6.03 Å². The van der Waals surface area contributed by atoms with E-state index >= 15 is 0 Å². The fourth-order valence-electron chi connectivity index (χ4n) is 2.33. The predicted molar refractivity (Wildman–Crippen MR) is 75.3 cm³/mol. The summed E-state index contributed by atoms with van der Waals surface area (Å²) in [6.45, 7) is 1.01. The van der Waals surface area contributed by atoms with Gasteiger partial charge in [-0.15, -0.1) is 0 Å². The third-order valence-corrected chi connectivity index (χ3v) is 3.34. The molecule has 1 aliphatic carbocycles. The van der Waals surface area contributed by atoms with Crippen molar-refractivity contribution in [1.82, 2.24) is 10.6 Å². The van der Waals surface area contributed by atoms with Crippen LogP contribution in [0.2, 0.25) is 0 Å².